The number of ether oxygens (including phenoxy) is 1. The van der Waals surface area contributed by atoms with Gasteiger partial charge in [-0.1, -0.05) is 85.3 Å². The Balaban J connectivity index is 1.89. The molecule has 3 rings (SSSR count). The number of benzene rings is 3. The van der Waals surface area contributed by atoms with Gasteiger partial charge in [0.15, 0.2) is 6.61 Å². The molecule has 1 N–H and O–H groups in total. The van der Waals surface area contributed by atoms with Gasteiger partial charge in [-0.15, -0.1) is 0 Å². The van der Waals surface area contributed by atoms with Gasteiger partial charge < -0.3 is 15.0 Å². The number of rotatable bonds is 11. The van der Waals surface area contributed by atoms with Crippen LogP contribution in [0.2, 0.25) is 5.02 Å². The standard InChI is InChI=1S/C27H29ClN2O3/c1-2-17-29-27(32)25(18-21-11-5-3-6-12-21)30(19-22-13-9-10-16-24(22)28)26(31)20-33-23-14-7-4-8-15-23/h3-16,25H,2,17-20H2,1H3,(H,29,32)/t25-/m1/s1. The summed E-state index contributed by atoms with van der Waals surface area (Å²) in [6, 6.07) is 25.5. The lowest BCUT2D eigenvalue weighted by Crippen LogP contribution is -2.51. The van der Waals surface area contributed by atoms with Crippen molar-refractivity contribution in [2.45, 2.75) is 32.4 Å². The van der Waals surface area contributed by atoms with Gasteiger partial charge in [0.25, 0.3) is 5.91 Å². The van der Waals surface area contributed by atoms with Gasteiger partial charge in [-0.25, -0.2) is 0 Å². The summed E-state index contributed by atoms with van der Waals surface area (Å²) in [6.45, 7) is 2.56. The van der Waals surface area contributed by atoms with Crippen LogP contribution in [0.4, 0.5) is 0 Å². The van der Waals surface area contributed by atoms with Crippen LogP contribution in [-0.4, -0.2) is 35.9 Å². The van der Waals surface area contributed by atoms with Crippen LogP contribution in [0.5, 0.6) is 5.75 Å². The number of nitrogens with one attached hydrogen (secondary N) is 1. The highest BCUT2D eigenvalue weighted by Crippen LogP contribution is 2.21. The quantitative estimate of drug-likeness (QED) is 0.439. The molecule has 0 unspecified atom stereocenters. The summed E-state index contributed by atoms with van der Waals surface area (Å²) in [7, 11) is 0. The van der Waals surface area contributed by atoms with Gasteiger partial charge in [0.05, 0.1) is 0 Å². The van der Waals surface area contributed by atoms with E-state index >= 15 is 0 Å². The third-order valence-electron chi connectivity index (χ3n) is 5.22. The lowest BCUT2D eigenvalue weighted by Gasteiger charge is -2.31. The average molecular weight is 465 g/mol. The van der Waals surface area contributed by atoms with E-state index in [4.69, 9.17) is 16.3 Å². The van der Waals surface area contributed by atoms with Gasteiger partial charge >= 0.3 is 0 Å². The molecule has 0 aliphatic heterocycles. The summed E-state index contributed by atoms with van der Waals surface area (Å²) in [4.78, 5) is 28.2. The minimum absolute atomic E-state index is 0.180. The summed E-state index contributed by atoms with van der Waals surface area (Å²) in [6.07, 6.45) is 1.19. The summed E-state index contributed by atoms with van der Waals surface area (Å²) in [5.41, 5.74) is 1.74. The number of hydrogen-bond acceptors (Lipinski definition) is 3. The fraction of sp³-hybridized carbons (Fsp3) is 0.259. The van der Waals surface area contributed by atoms with E-state index in [-0.39, 0.29) is 25.0 Å². The lowest BCUT2D eigenvalue weighted by atomic mass is 10.0. The second-order valence-electron chi connectivity index (χ2n) is 7.71. The predicted molar refractivity (Wildman–Crippen MR) is 131 cm³/mol. The van der Waals surface area contributed by atoms with Crippen molar-refractivity contribution in [1.82, 2.24) is 10.2 Å². The molecule has 0 spiro atoms. The van der Waals surface area contributed by atoms with Crippen LogP contribution in [0.15, 0.2) is 84.9 Å². The van der Waals surface area contributed by atoms with E-state index in [0.29, 0.717) is 23.7 Å². The Labute approximate surface area is 200 Å². The molecular formula is C27H29ClN2O3. The zero-order valence-corrected chi connectivity index (χ0v) is 19.5. The molecule has 1 atom stereocenters. The van der Waals surface area contributed by atoms with Crippen LogP contribution in [0.1, 0.15) is 24.5 Å². The van der Waals surface area contributed by atoms with Crippen molar-refractivity contribution in [3.05, 3.63) is 101 Å². The highest BCUT2D eigenvalue weighted by molar-refractivity contribution is 6.31. The third kappa shape index (κ3) is 7.36. The summed E-state index contributed by atoms with van der Waals surface area (Å²) >= 11 is 6.40. The number of nitrogens with zero attached hydrogens (tertiary/aromatic N) is 1. The zero-order valence-electron chi connectivity index (χ0n) is 18.7. The Morgan fingerprint density at radius 1 is 0.939 bits per heavy atom. The van der Waals surface area contributed by atoms with Crippen LogP contribution >= 0.6 is 11.6 Å². The maximum Gasteiger partial charge on any atom is 0.261 e. The Morgan fingerprint density at radius 3 is 2.24 bits per heavy atom. The monoisotopic (exact) mass is 464 g/mol. The van der Waals surface area contributed by atoms with E-state index < -0.39 is 6.04 Å². The van der Waals surface area contributed by atoms with Gasteiger partial charge in [-0.3, -0.25) is 9.59 Å². The number of amides is 2. The topological polar surface area (TPSA) is 58.6 Å². The third-order valence-corrected chi connectivity index (χ3v) is 5.59. The van der Waals surface area contributed by atoms with Crippen molar-refractivity contribution in [1.29, 1.82) is 0 Å². The highest BCUT2D eigenvalue weighted by Gasteiger charge is 2.30. The number of carbonyl (C=O) groups excluding carboxylic acids is 2. The highest BCUT2D eigenvalue weighted by atomic mass is 35.5. The Morgan fingerprint density at radius 2 is 1.58 bits per heavy atom. The molecule has 0 heterocycles. The molecule has 0 bridgehead atoms. The van der Waals surface area contributed by atoms with Gasteiger partial charge in [-0.2, -0.15) is 0 Å². The SMILES string of the molecule is CCCNC(=O)[C@@H](Cc1ccccc1)N(Cc1ccccc1Cl)C(=O)COc1ccccc1. The molecule has 0 aliphatic rings. The fourth-order valence-electron chi connectivity index (χ4n) is 3.47. The van der Waals surface area contributed by atoms with Crippen LogP contribution in [0, 0.1) is 0 Å². The van der Waals surface area contributed by atoms with E-state index in [9.17, 15) is 9.59 Å². The number of para-hydroxylation sites is 1. The molecule has 0 saturated heterocycles. The van der Waals surface area contributed by atoms with Gasteiger partial charge in [0.1, 0.15) is 11.8 Å². The van der Waals surface area contributed by atoms with Crippen LogP contribution in [0.25, 0.3) is 0 Å². The fourth-order valence-corrected chi connectivity index (χ4v) is 3.67. The van der Waals surface area contributed by atoms with Crippen molar-refractivity contribution < 1.29 is 14.3 Å². The first kappa shape index (κ1) is 24.3. The molecule has 0 aromatic heterocycles. The molecular weight excluding hydrogens is 436 g/mol. The summed E-state index contributed by atoms with van der Waals surface area (Å²) in [5, 5.41) is 3.50. The molecule has 2 amide bonds. The minimum Gasteiger partial charge on any atom is -0.484 e. The molecule has 172 valence electrons. The summed E-state index contributed by atoms with van der Waals surface area (Å²) in [5.74, 6) is 0.116. The second-order valence-corrected chi connectivity index (χ2v) is 8.12. The molecule has 3 aromatic carbocycles. The Bertz CT molecular complexity index is 1030. The van der Waals surface area contributed by atoms with Crippen molar-refractivity contribution in [2.24, 2.45) is 0 Å². The first-order valence-electron chi connectivity index (χ1n) is 11.1. The van der Waals surface area contributed by atoms with Crippen molar-refractivity contribution >= 4 is 23.4 Å². The first-order chi connectivity index (χ1) is 16.1. The first-order valence-corrected chi connectivity index (χ1v) is 11.5. The molecule has 5 nitrogen and oxygen atoms in total. The van der Waals surface area contributed by atoms with Crippen LogP contribution in [0.3, 0.4) is 0 Å². The molecule has 3 aromatic rings. The summed E-state index contributed by atoms with van der Waals surface area (Å²) < 4.78 is 5.72. The predicted octanol–water partition coefficient (Wildman–Crippen LogP) is 4.89. The molecule has 33 heavy (non-hydrogen) atoms. The second kappa shape index (κ2) is 12.7. The lowest BCUT2D eigenvalue weighted by molar-refractivity contribution is -0.142. The van der Waals surface area contributed by atoms with E-state index in [1.807, 2.05) is 73.7 Å². The number of halogens is 1. The van der Waals surface area contributed by atoms with Crippen molar-refractivity contribution in [3.8, 4) is 5.75 Å². The van der Waals surface area contributed by atoms with E-state index in [0.717, 1.165) is 17.5 Å². The van der Waals surface area contributed by atoms with E-state index in [1.54, 1.807) is 23.1 Å². The average Bonchev–Trinajstić information content (AvgIpc) is 2.85. The van der Waals surface area contributed by atoms with E-state index in [1.165, 1.54) is 0 Å². The van der Waals surface area contributed by atoms with Gasteiger partial charge in [0.2, 0.25) is 5.91 Å². The molecule has 0 saturated carbocycles. The van der Waals surface area contributed by atoms with E-state index in [2.05, 4.69) is 5.32 Å². The molecule has 0 radical (unpaired) electrons. The van der Waals surface area contributed by atoms with Gasteiger partial charge in [0, 0.05) is 24.5 Å². The smallest absolute Gasteiger partial charge is 0.261 e. The van der Waals surface area contributed by atoms with Crippen molar-refractivity contribution in [3.63, 3.8) is 0 Å². The maximum absolute atomic E-state index is 13.4. The van der Waals surface area contributed by atoms with Crippen molar-refractivity contribution in [2.75, 3.05) is 13.2 Å². The Kier molecular flexibility index (Phi) is 9.33. The molecule has 0 fully saturated rings. The van der Waals surface area contributed by atoms with Crippen LogP contribution in [-0.2, 0) is 22.6 Å². The van der Waals surface area contributed by atoms with Gasteiger partial charge in [-0.05, 0) is 35.7 Å². The normalized spacial score (nSPS) is 11.5. The number of hydrogen-bond donors (Lipinski definition) is 1. The maximum atomic E-state index is 13.4. The Hall–Kier alpha value is -3.31. The zero-order chi connectivity index (χ0) is 23.5. The number of carbonyl (C=O) groups is 2. The molecule has 0 aliphatic carbocycles. The van der Waals surface area contributed by atoms with Crippen LogP contribution < -0.4 is 10.1 Å². The molecule has 6 heteroatoms. The largest absolute Gasteiger partial charge is 0.484 e. The minimum atomic E-state index is -0.706.